The van der Waals surface area contributed by atoms with Crippen LogP contribution < -0.4 is 5.73 Å². The summed E-state index contributed by atoms with van der Waals surface area (Å²) in [5.41, 5.74) is 5.80. The van der Waals surface area contributed by atoms with E-state index in [0.717, 1.165) is 12.8 Å². The minimum absolute atomic E-state index is 0.0788. The molecule has 20 heavy (non-hydrogen) atoms. The topological polar surface area (TPSA) is 80.7 Å². The molecule has 0 radical (unpaired) electrons. The zero-order valence-corrected chi connectivity index (χ0v) is 13.0. The van der Waals surface area contributed by atoms with Gasteiger partial charge >= 0.3 is 0 Å². The van der Waals surface area contributed by atoms with E-state index in [-0.39, 0.29) is 10.8 Å². The van der Waals surface area contributed by atoms with Crippen molar-refractivity contribution in [2.45, 2.75) is 30.7 Å². The van der Waals surface area contributed by atoms with Crippen LogP contribution in [0.1, 0.15) is 25.7 Å². The van der Waals surface area contributed by atoms with Crippen molar-refractivity contribution in [3.05, 3.63) is 11.6 Å². The number of anilines is 1. The van der Waals surface area contributed by atoms with Gasteiger partial charge in [-0.25, -0.2) is 13.4 Å². The van der Waals surface area contributed by atoms with Gasteiger partial charge in [-0.1, -0.05) is 12.8 Å². The molecule has 0 spiro atoms. The molecular weight excluding hydrogens is 296 g/mol. The molecule has 0 bridgehead atoms. The molecule has 0 saturated heterocycles. The highest BCUT2D eigenvalue weighted by Gasteiger charge is 2.30. The van der Waals surface area contributed by atoms with Crippen LogP contribution in [0.2, 0.25) is 0 Å². The molecular formula is C12H18N4O2S2. The summed E-state index contributed by atoms with van der Waals surface area (Å²) in [6.45, 7) is 0.555. The SMILES string of the molecule is CN(CC1CCCC1)S(=O)(=O)c1c(N)nc2sccn12. The highest BCUT2D eigenvalue weighted by atomic mass is 32.2. The number of hydrogen-bond acceptors (Lipinski definition) is 5. The molecule has 0 atom stereocenters. The van der Waals surface area contributed by atoms with E-state index in [0.29, 0.717) is 17.4 Å². The van der Waals surface area contributed by atoms with Gasteiger partial charge in [-0.2, -0.15) is 4.31 Å². The van der Waals surface area contributed by atoms with E-state index in [1.165, 1.54) is 28.5 Å². The van der Waals surface area contributed by atoms with Crippen molar-refractivity contribution in [2.75, 3.05) is 19.3 Å². The van der Waals surface area contributed by atoms with Gasteiger partial charge in [-0.15, -0.1) is 11.3 Å². The Morgan fingerprint density at radius 2 is 2.20 bits per heavy atom. The number of nitrogens with two attached hydrogens (primary N) is 1. The first kappa shape index (κ1) is 13.8. The lowest BCUT2D eigenvalue weighted by atomic mass is 10.1. The van der Waals surface area contributed by atoms with Crippen LogP contribution in [-0.4, -0.2) is 35.7 Å². The lowest BCUT2D eigenvalue weighted by Crippen LogP contribution is -2.32. The quantitative estimate of drug-likeness (QED) is 0.933. The smallest absolute Gasteiger partial charge is 0.262 e. The first-order chi connectivity index (χ1) is 9.50. The van der Waals surface area contributed by atoms with E-state index in [1.807, 2.05) is 0 Å². The van der Waals surface area contributed by atoms with E-state index in [1.54, 1.807) is 23.0 Å². The van der Waals surface area contributed by atoms with Crippen molar-refractivity contribution in [3.63, 3.8) is 0 Å². The molecule has 8 heteroatoms. The number of aromatic nitrogens is 2. The zero-order valence-electron chi connectivity index (χ0n) is 11.3. The minimum atomic E-state index is -3.59. The summed E-state index contributed by atoms with van der Waals surface area (Å²) in [7, 11) is -1.97. The summed E-state index contributed by atoms with van der Waals surface area (Å²) in [6.07, 6.45) is 6.30. The molecule has 110 valence electrons. The van der Waals surface area contributed by atoms with Crippen LogP contribution in [0.25, 0.3) is 4.96 Å². The first-order valence-electron chi connectivity index (χ1n) is 6.67. The van der Waals surface area contributed by atoms with Gasteiger partial charge in [0.2, 0.25) is 0 Å². The number of nitrogens with zero attached hydrogens (tertiary/aromatic N) is 3. The summed E-state index contributed by atoms with van der Waals surface area (Å²) in [4.78, 5) is 4.71. The zero-order chi connectivity index (χ0) is 14.3. The number of imidazole rings is 1. The molecule has 1 fully saturated rings. The fraction of sp³-hybridized carbons (Fsp3) is 0.583. The van der Waals surface area contributed by atoms with Crippen LogP contribution in [0, 0.1) is 5.92 Å². The molecule has 0 amide bonds. The third-order valence-electron chi connectivity index (χ3n) is 3.89. The van der Waals surface area contributed by atoms with Crippen molar-refractivity contribution in [3.8, 4) is 0 Å². The fourth-order valence-electron chi connectivity index (χ4n) is 2.84. The van der Waals surface area contributed by atoms with Crippen LogP contribution in [-0.2, 0) is 10.0 Å². The van der Waals surface area contributed by atoms with E-state index in [2.05, 4.69) is 4.98 Å². The van der Waals surface area contributed by atoms with Gasteiger partial charge in [0.05, 0.1) is 0 Å². The van der Waals surface area contributed by atoms with Gasteiger partial charge in [0.1, 0.15) is 0 Å². The van der Waals surface area contributed by atoms with Crippen molar-refractivity contribution in [1.82, 2.24) is 13.7 Å². The number of hydrogen-bond donors (Lipinski definition) is 1. The molecule has 2 aromatic rings. The lowest BCUT2D eigenvalue weighted by molar-refractivity contribution is 0.386. The molecule has 1 aliphatic carbocycles. The molecule has 1 saturated carbocycles. The van der Waals surface area contributed by atoms with E-state index in [9.17, 15) is 8.42 Å². The fourth-order valence-corrected chi connectivity index (χ4v) is 5.03. The van der Waals surface area contributed by atoms with Gasteiger partial charge in [0.25, 0.3) is 10.0 Å². The number of nitrogen functional groups attached to an aromatic ring is 1. The normalized spacial score (nSPS) is 17.5. The largest absolute Gasteiger partial charge is 0.381 e. The Kier molecular flexibility index (Phi) is 3.47. The predicted octanol–water partition coefficient (Wildman–Crippen LogP) is 1.79. The average Bonchev–Trinajstić information content (AvgIpc) is 3.05. The van der Waals surface area contributed by atoms with Gasteiger partial charge < -0.3 is 5.73 Å². The van der Waals surface area contributed by atoms with Gasteiger partial charge in [-0.05, 0) is 18.8 Å². The summed E-state index contributed by atoms with van der Waals surface area (Å²) in [5.74, 6) is 0.539. The lowest BCUT2D eigenvalue weighted by Gasteiger charge is -2.20. The molecule has 2 aromatic heterocycles. The van der Waals surface area contributed by atoms with E-state index >= 15 is 0 Å². The second-order valence-corrected chi connectivity index (χ2v) is 8.13. The Bertz CT molecular complexity index is 713. The van der Waals surface area contributed by atoms with Gasteiger partial charge in [0.15, 0.2) is 15.8 Å². The number of sulfonamides is 1. The van der Waals surface area contributed by atoms with Gasteiger partial charge in [0, 0.05) is 25.2 Å². The minimum Gasteiger partial charge on any atom is -0.381 e. The first-order valence-corrected chi connectivity index (χ1v) is 8.99. The monoisotopic (exact) mass is 314 g/mol. The maximum atomic E-state index is 12.7. The average molecular weight is 314 g/mol. The highest BCUT2D eigenvalue weighted by molar-refractivity contribution is 7.89. The Balaban J connectivity index is 1.94. The van der Waals surface area contributed by atoms with Crippen molar-refractivity contribution < 1.29 is 8.42 Å². The standard InChI is InChI=1S/C12H18N4O2S2/c1-15(8-9-4-2-3-5-9)20(17,18)11-10(13)14-12-16(11)6-7-19-12/h6-7,9H,2-5,8,13H2,1H3. The van der Waals surface area contributed by atoms with Crippen LogP contribution in [0.4, 0.5) is 5.82 Å². The van der Waals surface area contributed by atoms with Crippen LogP contribution in [0.15, 0.2) is 16.6 Å². The molecule has 3 rings (SSSR count). The Morgan fingerprint density at radius 3 is 2.90 bits per heavy atom. The number of rotatable bonds is 4. The second-order valence-electron chi connectivity index (χ2n) is 5.29. The Labute approximate surface area is 122 Å². The Hall–Kier alpha value is -1.12. The maximum Gasteiger partial charge on any atom is 0.262 e. The van der Waals surface area contributed by atoms with E-state index in [4.69, 9.17) is 5.73 Å². The van der Waals surface area contributed by atoms with Gasteiger partial charge in [-0.3, -0.25) is 4.40 Å². The molecule has 0 aromatic carbocycles. The van der Waals surface area contributed by atoms with Crippen LogP contribution in [0.3, 0.4) is 0 Å². The Morgan fingerprint density at radius 1 is 1.50 bits per heavy atom. The summed E-state index contributed by atoms with van der Waals surface area (Å²) in [5, 5.41) is 1.90. The van der Waals surface area contributed by atoms with Crippen LogP contribution >= 0.6 is 11.3 Å². The highest BCUT2D eigenvalue weighted by Crippen LogP contribution is 2.29. The summed E-state index contributed by atoms with van der Waals surface area (Å²) < 4.78 is 28.4. The van der Waals surface area contributed by atoms with E-state index < -0.39 is 10.0 Å². The molecule has 6 nitrogen and oxygen atoms in total. The third kappa shape index (κ3) is 2.21. The van der Waals surface area contributed by atoms with Crippen LogP contribution in [0.5, 0.6) is 0 Å². The molecule has 2 N–H and O–H groups in total. The van der Waals surface area contributed by atoms with Crippen molar-refractivity contribution in [2.24, 2.45) is 5.92 Å². The molecule has 2 heterocycles. The second kappa shape index (κ2) is 5.01. The predicted molar refractivity (Wildman–Crippen MR) is 79.3 cm³/mol. The molecule has 0 unspecified atom stereocenters. The maximum absolute atomic E-state index is 12.7. The number of fused-ring (bicyclic) bond motifs is 1. The third-order valence-corrected chi connectivity index (χ3v) is 6.51. The number of thiazole rings is 1. The summed E-state index contributed by atoms with van der Waals surface area (Å²) in [6, 6.07) is 0. The van der Waals surface area contributed by atoms with Crippen molar-refractivity contribution in [1.29, 1.82) is 0 Å². The van der Waals surface area contributed by atoms with Crippen molar-refractivity contribution >= 4 is 32.1 Å². The summed E-state index contributed by atoms with van der Waals surface area (Å²) >= 11 is 1.37. The molecule has 1 aliphatic rings. The molecule has 0 aliphatic heterocycles.